The van der Waals surface area contributed by atoms with Gasteiger partial charge in [0.05, 0.1) is 0 Å². The molecule has 0 aliphatic carbocycles. The number of hydrogen-bond donors (Lipinski definition) is 0. The van der Waals surface area contributed by atoms with E-state index in [0.29, 0.717) is 12.5 Å². The van der Waals surface area contributed by atoms with E-state index in [9.17, 15) is 4.79 Å². The van der Waals surface area contributed by atoms with Crippen molar-refractivity contribution < 1.29 is 4.79 Å². The summed E-state index contributed by atoms with van der Waals surface area (Å²) in [6, 6.07) is 19.5. The summed E-state index contributed by atoms with van der Waals surface area (Å²) in [4.78, 5) is 14.3. The Bertz CT molecular complexity index is 694. The van der Waals surface area contributed by atoms with Crippen molar-refractivity contribution in [3.05, 3.63) is 65.7 Å². The maximum absolute atomic E-state index is 12.2. The van der Waals surface area contributed by atoms with Gasteiger partial charge in [-0.25, -0.2) is 0 Å². The number of fused-ring (bicyclic) bond motifs is 3. The maximum atomic E-state index is 12.2. The molecule has 2 heteroatoms. The fraction of sp³-hybridized carbons (Fsp3) is 0.316. The number of hydrogen-bond acceptors (Lipinski definition) is 1. The van der Waals surface area contributed by atoms with E-state index >= 15 is 0 Å². The highest BCUT2D eigenvalue weighted by Crippen LogP contribution is 2.49. The van der Waals surface area contributed by atoms with Crippen LogP contribution in [0.2, 0.25) is 0 Å². The third-order valence-corrected chi connectivity index (χ3v) is 5.14. The molecule has 0 N–H and O–H groups in total. The Labute approximate surface area is 125 Å². The monoisotopic (exact) mass is 277 g/mol. The first-order valence-corrected chi connectivity index (χ1v) is 7.67. The first-order valence-electron chi connectivity index (χ1n) is 7.67. The quantitative estimate of drug-likeness (QED) is 0.774. The van der Waals surface area contributed by atoms with Gasteiger partial charge in [-0.2, -0.15) is 0 Å². The van der Waals surface area contributed by atoms with Crippen molar-refractivity contribution in [2.75, 3.05) is 4.90 Å². The predicted octanol–water partition coefficient (Wildman–Crippen LogP) is 3.89. The molecule has 1 fully saturated rings. The highest BCUT2D eigenvalue weighted by Gasteiger charge is 2.45. The van der Waals surface area contributed by atoms with E-state index in [1.165, 1.54) is 11.1 Å². The molecular formula is C19H19NO. The van der Waals surface area contributed by atoms with Crippen molar-refractivity contribution in [1.29, 1.82) is 0 Å². The number of para-hydroxylation sites is 1. The van der Waals surface area contributed by atoms with E-state index in [-0.39, 0.29) is 11.3 Å². The maximum Gasteiger partial charge on any atom is 0.227 e. The zero-order valence-corrected chi connectivity index (χ0v) is 12.3. The van der Waals surface area contributed by atoms with Crippen molar-refractivity contribution in [3.63, 3.8) is 0 Å². The second-order valence-electron chi connectivity index (χ2n) is 6.38. The summed E-state index contributed by atoms with van der Waals surface area (Å²) in [5, 5.41) is 0. The molecule has 106 valence electrons. The van der Waals surface area contributed by atoms with Crippen LogP contribution in [0.15, 0.2) is 54.6 Å². The minimum atomic E-state index is -0.0103. The van der Waals surface area contributed by atoms with E-state index in [1.807, 2.05) is 11.0 Å². The molecule has 0 radical (unpaired) electrons. The van der Waals surface area contributed by atoms with Crippen molar-refractivity contribution >= 4 is 11.6 Å². The normalized spacial score (nSPS) is 27.4. The first-order chi connectivity index (χ1) is 10.2. The molecule has 21 heavy (non-hydrogen) atoms. The Hall–Kier alpha value is -2.09. The van der Waals surface area contributed by atoms with Crippen molar-refractivity contribution in [2.45, 2.75) is 37.6 Å². The summed E-state index contributed by atoms with van der Waals surface area (Å²) in [6.07, 6.45) is 2.68. The van der Waals surface area contributed by atoms with Gasteiger partial charge in [-0.05, 0) is 30.0 Å². The number of nitrogens with zero attached hydrogens (tertiary/aromatic N) is 1. The van der Waals surface area contributed by atoms with Crippen molar-refractivity contribution in [1.82, 2.24) is 0 Å². The summed E-state index contributed by atoms with van der Waals surface area (Å²) in [5.74, 6) is 0.280. The van der Waals surface area contributed by atoms with E-state index in [1.54, 1.807) is 0 Å². The Balaban J connectivity index is 1.93. The van der Waals surface area contributed by atoms with E-state index < -0.39 is 0 Å². The zero-order valence-electron chi connectivity index (χ0n) is 12.3. The average molecular weight is 277 g/mol. The fourth-order valence-corrected chi connectivity index (χ4v) is 4.08. The molecule has 0 spiro atoms. The van der Waals surface area contributed by atoms with Crippen LogP contribution >= 0.6 is 0 Å². The van der Waals surface area contributed by atoms with Crippen LogP contribution in [0.3, 0.4) is 0 Å². The second-order valence-corrected chi connectivity index (χ2v) is 6.38. The van der Waals surface area contributed by atoms with Gasteiger partial charge >= 0.3 is 0 Å². The zero-order chi connectivity index (χ0) is 14.4. The van der Waals surface area contributed by atoms with Gasteiger partial charge in [-0.3, -0.25) is 4.79 Å². The van der Waals surface area contributed by atoms with Crippen molar-refractivity contribution in [3.8, 4) is 0 Å². The molecule has 1 amide bonds. The lowest BCUT2D eigenvalue weighted by atomic mass is 9.69. The number of carbonyl (C=O) groups is 1. The molecule has 0 aromatic heterocycles. The summed E-state index contributed by atoms with van der Waals surface area (Å²) in [6.45, 7) is 2.32. The molecule has 1 saturated heterocycles. The molecule has 0 bridgehead atoms. The van der Waals surface area contributed by atoms with Gasteiger partial charge in [0.1, 0.15) is 0 Å². The van der Waals surface area contributed by atoms with Gasteiger partial charge in [0.2, 0.25) is 5.91 Å². The number of benzene rings is 2. The standard InChI is InChI=1S/C19H19NO/c1-19(14-7-3-2-4-8-14)13-15-11-12-18(21)20(15)17-10-6-5-9-16(17)19/h2-10,15H,11-13H2,1H3/t15-,19-/m1/s1. The minimum absolute atomic E-state index is 0.0103. The number of amides is 1. The highest BCUT2D eigenvalue weighted by atomic mass is 16.2. The molecule has 4 rings (SSSR count). The summed E-state index contributed by atoms with van der Waals surface area (Å²) < 4.78 is 0. The molecule has 2 aromatic carbocycles. The van der Waals surface area contributed by atoms with E-state index in [2.05, 4.69) is 55.5 Å². The Kier molecular flexibility index (Phi) is 2.68. The van der Waals surface area contributed by atoms with Gasteiger partial charge in [-0.1, -0.05) is 55.5 Å². The number of carbonyl (C=O) groups excluding carboxylic acids is 1. The van der Waals surface area contributed by atoms with Crippen LogP contribution in [0.25, 0.3) is 0 Å². The topological polar surface area (TPSA) is 20.3 Å². The Morgan fingerprint density at radius 1 is 1.05 bits per heavy atom. The number of rotatable bonds is 1. The third kappa shape index (κ3) is 1.75. The van der Waals surface area contributed by atoms with Gasteiger partial charge in [0.15, 0.2) is 0 Å². The molecule has 2 aromatic rings. The Morgan fingerprint density at radius 2 is 1.76 bits per heavy atom. The van der Waals surface area contributed by atoms with Gasteiger partial charge in [0.25, 0.3) is 0 Å². The lowest BCUT2D eigenvalue weighted by Crippen LogP contribution is -2.45. The molecule has 0 saturated carbocycles. The minimum Gasteiger partial charge on any atom is -0.309 e. The third-order valence-electron chi connectivity index (χ3n) is 5.14. The molecule has 2 nitrogen and oxygen atoms in total. The molecule has 2 aliphatic rings. The van der Waals surface area contributed by atoms with Crippen LogP contribution in [0.5, 0.6) is 0 Å². The summed E-state index contributed by atoms with van der Waals surface area (Å²) >= 11 is 0. The van der Waals surface area contributed by atoms with Crippen LogP contribution in [0, 0.1) is 0 Å². The van der Waals surface area contributed by atoms with Crippen LogP contribution in [-0.4, -0.2) is 11.9 Å². The molecule has 2 atom stereocenters. The van der Waals surface area contributed by atoms with Gasteiger partial charge < -0.3 is 4.90 Å². The van der Waals surface area contributed by atoms with Crippen LogP contribution < -0.4 is 4.90 Å². The van der Waals surface area contributed by atoms with E-state index in [0.717, 1.165) is 18.5 Å². The lowest BCUT2D eigenvalue weighted by Gasteiger charge is -2.44. The Morgan fingerprint density at radius 3 is 2.57 bits per heavy atom. The summed E-state index contributed by atoms with van der Waals surface area (Å²) in [7, 11) is 0. The van der Waals surface area contributed by atoms with E-state index in [4.69, 9.17) is 0 Å². The smallest absolute Gasteiger partial charge is 0.227 e. The van der Waals surface area contributed by atoms with Crippen molar-refractivity contribution in [2.24, 2.45) is 0 Å². The average Bonchev–Trinajstić information content (AvgIpc) is 2.89. The molecule has 2 heterocycles. The molecule has 2 aliphatic heterocycles. The largest absolute Gasteiger partial charge is 0.309 e. The van der Waals surface area contributed by atoms with Gasteiger partial charge in [0, 0.05) is 23.6 Å². The van der Waals surface area contributed by atoms with Gasteiger partial charge in [-0.15, -0.1) is 0 Å². The lowest BCUT2D eigenvalue weighted by molar-refractivity contribution is -0.117. The second kappa shape index (κ2) is 4.45. The molecule has 0 unspecified atom stereocenters. The first kappa shape index (κ1) is 12.6. The predicted molar refractivity (Wildman–Crippen MR) is 84.5 cm³/mol. The summed E-state index contributed by atoms with van der Waals surface area (Å²) in [5.41, 5.74) is 3.73. The van der Waals surface area contributed by atoms with Crippen LogP contribution in [0.1, 0.15) is 37.3 Å². The van der Waals surface area contributed by atoms with Crippen LogP contribution in [0.4, 0.5) is 5.69 Å². The number of anilines is 1. The van der Waals surface area contributed by atoms with Crippen LogP contribution in [-0.2, 0) is 10.2 Å². The SMILES string of the molecule is C[C@]1(c2ccccc2)C[C@H]2CCC(=O)N2c2ccccc21. The fourth-order valence-electron chi connectivity index (χ4n) is 4.08. The molecular weight excluding hydrogens is 258 g/mol. The highest BCUT2D eigenvalue weighted by molar-refractivity contribution is 5.98.